The van der Waals surface area contributed by atoms with Gasteiger partial charge in [-0.2, -0.15) is 0 Å². The first kappa shape index (κ1) is 40.3. The Labute approximate surface area is 411 Å². The lowest BCUT2D eigenvalue weighted by atomic mass is 9.68. The van der Waals surface area contributed by atoms with Gasteiger partial charge < -0.3 is 9.47 Å². The van der Waals surface area contributed by atoms with E-state index in [2.05, 4.69) is 276 Å². The van der Waals surface area contributed by atoms with Gasteiger partial charge in [-0.1, -0.05) is 194 Å². The Kier molecular flexibility index (Phi) is 9.33. The number of para-hydroxylation sites is 2. The number of hydrogen-bond acceptors (Lipinski definition) is 2. The summed E-state index contributed by atoms with van der Waals surface area (Å²) in [7, 11) is 0. The highest BCUT2D eigenvalue weighted by Gasteiger charge is 2.47. The summed E-state index contributed by atoms with van der Waals surface area (Å²) in [4.78, 5) is 2.48. The number of rotatable bonds is 8. The van der Waals surface area contributed by atoms with Gasteiger partial charge >= 0.3 is 0 Å². The lowest BCUT2D eigenvalue weighted by molar-refractivity contribution is 0.768. The van der Waals surface area contributed by atoms with Crippen LogP contribution in [0.4, 0.5) is 17.1 Å². The van der Waals surface area contributed by atoms with E-state index in [4.69, 9.17) is 0 Å². The molecule has 0 unspecified atom stereocenters. The molecule has 1 aliphatic rings. The highest BCUT2D eigenvalue weighted by Crippen LogP contribution is 2.59. The number of hydrogen-bond donors (Lipinski definition) is 0. The summed E-state index contributed by atoms with van der Waals surface area (Å²) in [5, 5.41) is 5.14. The molecular formula is C67H44N2S. The van der Waals surface area contributed by atoms with Crippen molar-refractivity contribution in [3.63, 3.8) is 0 Å². The first-order chi connectivity index (χ1) is 34.7. The van der Waals surface area contributed by atoms with Gasteiger partial charge in [-0.3, -0.25) is 0 Å². The monoisotopic (exact) mass is 908 g/mol. The van der Waals surface area contributed by atoms with Crippen LogP contribution in [0.2, 0.25) is 0 Å². The Morgan fingerprint density at radius 2 is 0.886 bits per heavy atom. The van der Waals surface area contributed by atoms with Crippen molar-refractivity contribution in [2.45, 2.75) is 5.41 Å². The Bertz CT molecular complexity index is 4020. The maximum absolute atomic E-state index is 2.48. The molecule has 2 aromatic heterocycles. The van der Waals surface area contributed by atoms with Crippen LogP contribution in [0.1, 0.15) is 22.3 Å². The third-order valence-electron chi connectivity index (χ3n) is 14.7. The van der Waals surface area contributed by atoms with E-state index >= 15 is 0 Å². The molecule has 0 fully saturated rings. The van der Waals surface area contributed by atoms with Crippen LogP contribution in [0.5, 0.6) is 0 Å². The molecular weight excluding hydrogens is 865 g/mol. The predicted octanol–water partition coefficient (Wildman–Crippen LogP) is 18.3. The summed E-state index contributed by atoms with van der Waals surface area (Å²) >= 11 is 1.86. The summed E-state index contributed by atoms with van der Waals surface area (Å²) in [5.41, 5.74) is 18.7. The highest BCUT2D eigenvalue weighted by molar-refractivity contribution is 7.25. The van der Waals surface area contributed by atoms with Crippen molar-refractivity contribution in [2.24, 2.45) is 0 Å². The number of thiophene rings is 1. The Hall–Kier alpha value is -8.76. The normalized spacial score (nSPS) is 12.7. The van der Waals surface area contributed by atoms with E-state index in [1.54, 1.807) is 0 Å². The van der Waals surface area contributed by atoms with E-state index in [0.717, 1.165) is 22.7 Å². The minimum Gasteiger partial charge on any atom is -0.310 e. The highest BCUT2D eigenvalue weighted by atomic mass is 32.1. The van der Waals surface area contributed by atoms with Crippen molar-refractivity contribution >= 4 is 70.4 Å². The molecule has 1 aliphatic carbocycles. The van der Waals surface area contributed by atoms with Crippen LogP contribution in [-0.2, 0) is 5.41 Å². The molecule has 0 aliphatic heterocycles. The van der Waals surface area contributed by atoms with Crippen molar-refractivity contribution in [3.05, 3.63) is 289 Å². The summed E-state index contributed by atoms with van der Waals surface area (Å²) < 4.78 is 5.01. The molecule has 0 radical (unpaired) electrons. The number of fused-ring (bicyclic) bond motifs is 9. The van der Waals surface area contributed by atoms with Gasteiger partial charge in [0.15, 0.2) is 0 Å². The number of nitrogens with zero attached hydrogens (tertiary/aromatic N) is 2. The lowest BCUT2D eigenvalue weighted by Crippen LogP contribution is -2.28. The minimum atomic E-state index is -0.522. The Morgan fingerprint density at radius 3 is 1.60 bits per heavy atom. The first-order valence-electron chi connectivity index (χ1n) is 24.1. The van der Waals surface area contributed by atoms with Crippen LogP contribution in [0.25, 0.3) is 81.0 Å². The first-order valence-corrected chi connectivity index (χ1v) is 24.9. The third-order valence-corrected chi connectivity index (χ3v) is 15.8. The third kappa shape index (κ3) is 6.19. The maximum atomic E-state index is 2.48. The van der Waals surface area contributed by atoms with Crippen LogP contribution in [0.15, 0.2) is 267 Å². The average Bonchev–Trinajstić information content (AvgIpc) is 4.09. The summed E-state index contributed by atoms with van der Waals surface area (Å²) in [6.45, 7) is 0. The van der Waals surface area contributed by atoms with Crippen LogP contribution < -0.4 is 4.90 Å². The number of benzene rings is 11. The van der Waals surface area contributed by atoms with Gasteiger partial charge in [0.25, 0.3) is 0 Å². The zero-order chi connectivity index (χ0) is 46.2. The molecule has 2 nitrogen and oxygen atoms in total. The van der Waals surface area contributed by atoms with Gasteiger partial charge in [0, 0.05) is 53.6 Å². The Balaban J connectivity index is 0.934. The van der Waals surface area contributed by atoms with Gasteiger partial charge in [0.2, 0.25) is 0 Å². The molecule has 0 N–H and O–H groups in total. The lowest BCUT2D eigenvalue weighted by Gasteiger charge is -2.34. The zero-order valence-electron chi connectivity index (χ0n) is 38.2. The van der Waals surface area contributed by atoms with Gasteiger partial charge in [-0.25, -0.2) is 0 Å². The molecule has 0 bridgehead atoms. The van der Waals surface area contributed by atoms with E-state index in [0.29, 0.717) is 0 Å². The molecule has 2 heterocycles. The molecule has 0 saturated carbocycles. The van der Waals surface area contributed by atoms with Crippen molar-refractivity contribution in [1.29, 1.82) is 0 Å². The number of aromatic nitrogens is 1. The fraction of sp³-hybridized carbons (Fsp3) is 0.0149. The van der Waals surface area contributed by atoms with Crippen LogP contribution in [0, 0.1) is 0 Å². The minimum absolute atomic E-state index is 0.522. The standard InChI is InChI=1S/C67H44N2S/c1-3-18-49(19-4-1)67(50-20-5-2-6-21-50)59-27-11-7-26-57(59)66-60(67)28-16-31-63(66)68(53-22-15-17-47(43-53)48-37-42-65-58(44-48)56-25-10-14-32-64(56)70-65)51-38-33-45(34-39-51)46-35-40-52(41-36-46)69-61-29-12-8-23-54(61)55-24-9-13-30-62(55)69/h1-44H. The molecule has 70 heavy (non-hydrogen) atoms. The smallest absolute Gasteiger partial charge is 0.0714 e. The zero-order valence-corrected chi connectivity index (χ0v) is 39.0. The topological polar surface area (TPSA) is 8.17 Å². The second kappa shape index (κ2) is 16.2. The SMILES string of the molecule is c1ccc(C2(c3ccccc3)c3ccccc3-c3c(N(c4ccc(-c5ccc(-n6c7ccccc7c7ccccc76)cc5)cc4)c4cccc(-c5ccc6sc7ccccc7c6c5)c4)cccc32)cc1. The molecule has 11 aromatic carbocycles. The van der Waals surface area contributed by atoms with E-state index in [1.165, 1.54) is 97.6 Å². The van der Waals surface area contributed by atoms with Crippen molar-refractivity contribution < 1.29 is 0 Å². The van der Waals surface area contributed by atoms with Crippen LogP contribution in [-0.4, -0.2) is 4.57 Å². The number of anilines is 3. The van der Waals surface area contributed by atoms with Crippen molar-refractivity contribution in [3.8, 4) is 39.1 Å². The van der Waals surface area contributed by atoms with Gasteiger partial charge in [0.1, 0.15) is 0 Å². The largest absolute Gasteiger partial charge is 0.310 e. The molecule has 13 aromatic rings. The van der Waals surface area contributed by atoms with Crippen molar-refractivity contribution in [2.75, 3.05) is 4.90 Å². The van der Waals surface area contributed by atoms with Crippen molar-refractivity contribution in [1.82, 2.24) is 4.57 Å². The molecule has 0 atom stereocenters. The van der Waals surface area contributed by atoms with Crippen LogP contribution >= 0.6 is 11.3 Å². The van der Waals surface area contributed by atoms with E-state index in [9.17, 15) is 0 Å². The molecule has 0 spiro atoms. The molecule has 3 heteroatoms. The van der Waals surface area contributed by atoms with E-state index < -0.39 is 5.41 Å². The molecule has 0 saturated heterocycles. The van der Waals surface area contributed by atoms with E-state index in [-0.39, 0.29) is 0 Å². The second-order valence-corrected chi connectivity index (χ2v) is 19.5. The van der Waals surface area contributed by atoms with Crippen LogP contribution in [0.3, 0.4) is 0 Å². The summed E-state index contributed by atoms with van der Waals surface area (Å²) in [5.74, 6) is 0. The maximum Gasteiger partial charge on any atom is 0.0714 e. The fourth-order valence-electron chi connectivity index (χ4n) is 11.6. The average molecular weight is 909 g/mol. The van der Waals surface area contributed by atoms with E-state index in [1.807, 2.05) is 11.3 Å². The molecule has 14 rings (SSSR count). The second-order valence-electron chi connectivity index (χ2n) is 18.4. The molecule has 328 valence electrons. The predicted molar refractivity (Wildman–Crippen MR) is 297 cm³/mol. The summed E-state index contributed by atoms with van der Waals surface area (Å²) in [6.07, 6.45) is 0. The van der Waals surface area contributed by atoms with Gasteiger partial charge in [-0.05, 0) is 123 Å². The quantitative estimate of drug-likeness (QED) is 0.147. The van der Waals surface area contributed by atoms with Gasteiger partial charge in [-0.15, -0.1) is 11.3 Å². The van der Waals surface area contributed by atoms with Gasteiger partial charge in [0.05, 0.1) is 22.1 Å². The molecule has 0 amide bonds. The summed E-state index contributed by atoms with van der Waals surface area (Å²) in [6, 6.07) is 98.6. The fourth-order valence-corrected chi connectivity index (χ4v) is 12.7. The Morgan fingerprint density at radius 1 is 0.343 bits per heavy atom.